The summed E-state index contributed by atoms with van der Waals surface area (Å²) in [6, 6.07) is 10.8. The molecule has 1 aromatic carbocycles. The Bertz CT molecular complexity index is 221. The van der Waals surface area contributed by atoms with Gasteiger partial charge >= 0.3 is 79.9 Å². The molecule has 0 heterocycles. The van der Waals surface area contributed by atoms with Crippen LogP contribution in [0.15, 0.2) is 30.3 Å². The van der Waals surface area contributed by atoms with Gasteiger partial charge in [0.25, 0.3) is 0 Å². The molecule has 0 aliphatic rings. The molecule has 0 spiro atoms. The number of hydrogen-bond acceptors (Lipinski definition) is 0. The average molecular weight is 269 g/mol. The molecule has 0 atom stereocenters. The summed E-state index contributed by atoms with van der Waals surface area (Å²) in [4.78, 5) is 7.49. The minimum atomic E-state index is -1.50. The van der Waals surface area contributed by atoms with Gasteiger partial charge in [-0.05, 0) is 0 Å². The van der Waals surface area contributed by atoms with E-state index in [-0.39, 0.29) is 0 Å². The summed E-state index contributed by atoms with van der Waals surface area (Å²) in [5.41, 5.74) is 1.50. The van der Waals surface area contributed by atoms with E-state index in [1.165, 1.54) is 16.4 Å². The molecule has 1 rings (SSSR count). The van der Waals surface area contributed by atoms with Crippen molar-refractivity contribution in [2.45, 2.75) is 25.7 Å². The summed E-state index contributed by atoms with van der Waals surface area (Å²) >= 11 is -1.50. The van der Waals surface area contributed by atoms with E-state index in [1.54, 1.807) is 0 Å². The molecule has 0 unspecified atom stereocenters. The predicted molar refractivity (Wildman–Crippen MR) is 58.3 cm³/mol. The summed E-state index contributed by atoms with van der Waals surface area (Å²) in [7, 11) is 0. The molecule has 0 aliphatic carbocycles. The van der Waals surface area contributed by atoms with Gasteiger partial charge in [-0.15, -0.1) is 0 Å². The Labute approximate surface area is 79.9 Å². The van der Waals surface area contributed by atoms with Crippen molar-refractivity contribution in [2.24, 2.45) is 0 Å². The van der Waals surface area contributed by atoms with Gasteiger partial charge < -0.3 is 0 Å². The zero-order valence-corrected chi connectivity index (χ0v) is 11.2. The monoisotopic (exact) mass is 270 g/mol. The Hall–Kier alpha value is 0.0187. The third-order valence-corrected chi connectivity index (χ3v) is 7.00. The first-order valence-corrected chi connectivity index (χ1v) is 15.2. The van der Waals surface area contributed by atoms with Crippen molar-refractivity contribution in [2.75, 3.05) is 0 Å². The van der Waals surface area contributed by atoms with Gasteiger partial charge in [-0.25, -0.2) is 0 Å². The van der Waals surface area contributed by atoms with Crippen molar-refractivity contribution >= 4 is 18.4 Å². The SMILES string of the molecule is [CH3][Sn]([CH3])([CH3])[CH2]Cc1ccccc1. The average Bonchev–Trinajstić information content (AvgIpc) is 2.02. The van der Waals surface area contributed by atoms with Crippen molar-refractivity contribution in [3.63, 3.8) is 0 Å². The van der Waals surface area contributed by atoms with Crippen LogP contribution in [-0.2, 0) is 6.42 Å². The molecule has 0 bridgehead atoms. The molecule has 0 radical (unpaired) electrons. The van der Waals surface area contributed by atoms with Crippen LogP contribution in [0.3, 0.4) is 0 Å². The Balaban J connectivity index is 2.44. The van der Waals surface area contributed by atoms with Gasteiger partial charge in [0.1, 0.15) is 0 Å². The molecule has 0 saturated heterocycles. The number of hydrogen-bond donors (Lipinski definition) is 0. The maximum atomic E-state index is 2.50. The third-order valence-electron chi connectivity index (χ3n) is 2.01. The molecular formula is C11H18Sn. The fourth-order valence-electron chi connectivity index (χ4n) is 1.16. The van der Waals surface area contributed by atoms with Crippen LogP contribution >= 0.6 is 0 Å². The molecule has 66 valence electrons. The fraction of sp³-hybridized carbons (Fsp3) is 0.455. The van der Waals surface area contributed by atoms with Gasteiger partial charge in [0.15, 0.2) is 0 Å². The predicted octanol–water partition coefficient (Wildman–Crippen LogP) is 3.57. The molecule has 1 heteroatoms. The molecule has 0 amide bonds. The van der Waals surface area contributed by atoms with Crippen molar-refractivity contribution < 1.29 is 0 Å². The normalized spacial score (nSPS) is 11.6. The Morgan fingerprint density at radius 2 is 1.58 bits per heavy atom. The quantitative estimate of drug-likeness (QED) is 0.736. The summed E-state index contributed by atoms with van der Waals surface area (Å²) in [5.74, 6) is 0. The van der Waals surface area contributed by atoms with E-state index in [4.69, 9.17) is 0 Å². The van der Waals surface area contributed by atoms with E-state index in [9.17, 15) is 0 Å². The summed E-state index contributed by atoms with van der Waals surface area (Å²) in [6.45, 7) is 0. The maximum absolute atomic E-state index is 2.50. The minimum absolute atomic E-state index is 1.29. The first-order valence-electron chi connectivity index (χ1n) is 4.62. The van der Waals surface area contributed by atoms with Gasteiger partial charge in [-0.3, -0.25) is 0 Å². The van der Waals surface area contributed by atoms with Crippen molar-refractivity contribution in [3.05, 3.63) is 35.9 Å². The van der Waals surface area contributed by atoms with Gasteiger partial charge in [0.2, 0.25) is 0 Å². The van der Waals surface area contributed by atoms with E-state index in [0.717, 1.165) is 0 Å². The molecule has 12 heavy (non-hydrogen) atoms. The summed E-state index contributed by atoms with van der Waals surface area (Å²) in [6.07, 6.45) is 1.29. The standard InChI is InChI=1S/C8H9.3CH3.Sn/c1-2-8-6-4-3-5-7-8;;;;/h3-7H,1-2H2;3*1H3;. The second-order valence-electron chi connectivity index (χ2n) is 4.55. The molecule has 0 aliphatic heterocycles. The summed E-state index contributed by atoms with van der Waals surface area (Å²) < 4.78 is 1.47. The van der Waals surface area contributed by atoms with Crippen LogP contribution in [0.2, 0.25) is 19.3 Å². The van der Waals surface area contributed by atoms with Crippen molar-refractivity contribution in [3.8, 4) is 0 Å². The second-order valence-corrected chi connectivity index (χ2v) is 20.6. The van der Waals surface area contributed by atoms with Gasteiger partial charge in [0.05, 0.1) is 0 Å². The molecule has 0 aromatic heterocycles. The van der Waals surface area contributed by atoms with E-state index in [2.05, 4.69) is 45.2 Å². The van der Waals surface area contributed by atoms with Crippen LogP contribution in [0.4, 0.5) is 0 Å². The van der Waals surface area contributed by atoms with Gasteiger partial charge in [-0.1, -0.05) is 0 Å². The van der Waals surface area contributed by atoms with E-state index >= 15 is 0 Å². The molecular weight excluding hydrogens is 251 g/mol. The molecule has 1 aromatic rings. The first kappa shape index (κ1) is 10.1. The second kappa shape index (κ2) is 4.31. The van der Waals surface area contributed by atoms with E-state index in [0.29, 0.717) is 0 Å². The first-order chi connectivity index (χ1) is 5.58. The van der Waals surface area contributed by atoms with Crippen LogP contribution in [0.5, 0.6) is 0 Å². The van der Waals surface area contributed by atoms with Gasteiger partial charge in [-0.2, -0.15) is 0 Å². The summed E-state index contributed by atoms with van der Waals surface area (Å²) in [5, 5.41) is 0. The number of benzene rings is 1. The molecule has 0 N–H and O–H groups in total. The van der Waals surface area contributed by atoms with E-state index in [1.807, 2.05) is 0 Å². The number of rotatable bonds is 3. The molecule has 0 nitrogen and oxygen atoms in total. The van der Waals surface area contributed by atoms with Crippen molar-refractivity contribution in [1.82, 2.24) is 0 Å². The van der Waals surface area contributed by atoms with Crippen LogP contribution in [0, 0.1) is 0 Å². The Morgan fingerprint density at radius 3 is 2.08 bits per heavy atom. The van der Waals surface area contributed by atoms with Crippen molar-refractivity contribution in [1.29, 1.82) is 0 Å². The van der Waals surface area contributed by atoms with Crippen LogP contribution < -0.4 is 0 Å². The van der Waals surface area contributed by atoms with Crippen LogP contribution in [0.1, 0.15) is 5.56 Å². The number of aryl methyl sites for hydroxylation is 1. The molecule has 0 saturated carbocycles. The van der Waals surface area contributed by atoms with Gasteiger partial charge in [0, 0.05) is 0 Å². The van der Waals surface area contributed by atoms with E-state index < -0.39 is 18.4 Å². The Morgan fingerprint density at radius 1 is 1.00 bits per heavy atom. The van der Waals surface area contributed by atoms with Crippen LogP contribution in [0.25, 0.3) is 0 Å². The van der Waals surface area contributed by atoms with Crippen LogP contribution in [-0.4, -0.2) is 18.4 Å². The fourth-order valence-corrected chi connectivity index (χ4v) is 4.13. The zero-order chi connectivity index (χ0) is 9.03. The Kier molecular flexibility index (Phi) is 3.63. The molecule has 0 fully saturated rings. The topological polar surface area (TPSA) is 0 Å². The zero-order valence-electron chi connectivity index (χ0n) is 8.30. The third kappa shape index (κ3) is 4.15.